The molecule has 0 amide bonds. The van der Waals surface area contributed by atoms with Gasteiger partial charge in [0.1, 0.15) is 12.4 Å². The summed E-state index contributed by atoms with van der Waals surface area (Å²) in [6, 6.07) is 18.2. The molecule has 1 N–H and O–H groups in total. The quantitative estimate of drug-likeness (QED) is 0.540. The lowest BCUT2D eigenvalue weighted by atomic mass is 10.1. The van der Waals surface area contributed by atoms with Crippen LogP contribution in [-0.4, -0.2) is 46.0 Å². The average molecular weight is 393 g/mol. The minimum Gasteiger partial charge on any atom is -0.492 e. The number of aliphatic carboxylic acids is 1. The molecule has 0 aliphatic carbocycles. The molecule has 152 valence electrons. The molecule has 1 heterocycles. The van der Waals surface area contributed by atoms with Gasteiger partial charge >= 0.3 is 5.97 Å². The molecule has 0 unspecified atom stereocenters. The zero-order valence-corrected chi connectivity index (χ0v) is 16.7. The van der Waals surface area contributed by atoms with Crippen LogP contribution in [0.3, 0.4) is 0 Å². The number of nitrogens with zero attached hydrogens (tertiary/aromatic N) is 3. The van der Waals surface area contributed by atoms with Crippen molar-refractivity contribution in [3.05, 3.63) is 83.7 Å². The van der Waals surface area contributed by atoms with E-state index >= 15 is 0 Å². The third kappa shape index (κ3) is 6.76. The number of hydrogen-bond acceptors (Lipinski definition) is 4. The zero-order chi connectivity index (χ0) is 20.5. The summed E-state index contributed by atoms with van der Waals surface area (Å²) < 4.78 is 7.92. The molecule has 0 aliphatic heterocycles. The molecule has 29 heavy (non-hydrogen) atoms. The first-order valence-electron chi connectivity index (χ1n) is 9.76. The Morgan fingerprint density at radius 1 is 1.14 bits per heavy atom. The number of aromatic nitrogens is 2. The Morgan fingerprint density at radius 2 is 1.97 bits per heavy atom. The van der Waals surface area contributed by atoms with Crippen LogP contribution in [0.15, 0.2) is 67.0 Å². The van der Waals surface area contributed by atoms with Gasteiger partial charge in [0.05, 0.1) is 6.54 Å². The fourth-order valence-electron chi connectivity index (χ4n) is 3.15. The number of carbonyl (C=O) groups is 1. The first-order valence-corrected chi connectivity index (χ1v) is 9.76. The molecule has 1 aromatic heterocycles. The fraction of sp³-hybridized carbons (Fsp3) is 0.304. The second kappa shape index (κ2) is 10.4. The van der Waals surface area contributed by atoms with Crippen molar-refractivity contribution in [1.29, 1.82) is 0 Å². The summed E-state index contributed by atoms with van der Waals surface area (Å²) in [7, 11) is 2.07. The van der Waals surface area contributed by atoms with Crippen molar-refractivity contribution in [1.82, 2.24) is 14.7 Å². The molecule has 0 saturated heterocycles. The lowest BCUT2D eigenvalue weighted by Gasteiger charge is -2.18. The van der Waals surface area contributed by atoms with E-state index in [0.29, 0.717) is 19.6 Å². The number of ether oxygens (including phenoxy) is 1. The Morgan fingerprint density at radius 3 is 2.69 bits per heavy atom. The van der Waals surface area contributed by atoms with E-state index in [2.05, 4.69) is 29.2 Å². The largest absolute Gasteiger partial charge is 0.492 e. The summed E-state index contributed by atoms with van der Waals surface area (Å²) in [5, 5.41) is 13.3. The summed E-state index contributed by atoms with van der Waals surface area (Å²) >= 11 is 0. The molecule has 2 aromatic carbocycles. The minimum atomic E-state index is -0.806. The molecule has 6 heteroatoms. The van der Waals surface area contributed by atoms with E-state index < -0.39 is 5.97 Å². The highest BCUT2D eigenvalue weighted by Crippen LogP contribution is 2.23. The van der Waals surface area contributed by atoms with E-state index in [0.717, 1.165) is 30.0 Å². The SMILES string of the molecule is CN(CCOc1cc(Cn2cccn2)ccc1CCC(=O)O)Cc1ccccc1. The van der Waals surface area contributed by atoms with E-state index in [-0.39, 0.29) is 6.42 Å². The molecule has 0 bridgehead atoms. The maximum atomic E-state index is 11.0. The molecule has 0 saturated carbocycles. The zero-order valence-electron chi connectivity index (χ0n) is 16.7. The molecule has 0 aliphatic rings. The summed E-state index contributed by atoms with van der Waals surface area (Å²) in [6.07, 6.45) is 4.20. The molecular formula is C23H27N3O3. The van der Waals surface area contributed by atoms with Gasteiger partial charge in [-0.1, -0.05) is 42.5 Å². The number of carboxylic acids is 1. The van der Waals surface area contributed by atoms with Crippen LogP contribution in [0.5, 0.6) is 5.75 Å². The topological polar surface area (TPSA) is 67.6 Å². The molecule has 0 atom stereocenters. The normalized spacial score (nSPS) is 11.0. The molecule has 3 aromatic rings. The Labute approximate surface area is 171 Å². The fourth-order valence-corrected chi connectivity index (χ4v) is 3.15. The maximum absolute atomic E-state index is 11.0. The lowest BCUT2D eigenvalue weighted by molar-refractivity contribution is -0.136. The van der Waals surface area contributed by atoms with E-state index in [1.54, 1.807) is 6.20 Å². The monoisotopic (exact) mass is 393 g/mol. The van der Waals surface area contributed by atoms with Gasteiger partial charge in [-0.15, -0.1) is 0 Å². The van der Waals surface area contributed by atoms with Gasteiger partial charge in [-0.25, -0.2) is 0 Å². The van der Waals surface area contributed by atoms with Gasteiger partial charge in [-0.3, -0.25) is 14.4 Å². The number of aryl methyl sites for hydroxylation is 1. The number of hydrogen-bond donors (Lipinski definition) is 1. The summed E-state index contributed by atoms with van der Waals surface area (Å²) in [6.45, 7) is 2.82. The van der Waals surface area contributed by atoms with Gasteiger partial charge in [0.2, 0.25) is 0 Å². The summed E-state index contributed by atoms with van der Waals surface area (Å²) in [5.74, 6) is -0.0526. The van der Waals surface area contributed by atoms with Crippen LogP contribution in [0.25, 0.3) is 0 Å². The van der Waals surface area contributed by atoms with Gasteiger partial charge in [-0.05, 0) is 42.3 Å². The van der Waals surface area contributed by atoms with Crippen molar-refractivity contribution in [3.63, 3.8) is 0 Å². The van der Waals surface area contributed by atoms with E-state index in [1.807, 2.05) is 53.3 Å². The smallest absolute Gasteiger partial charge is 0.303 e. The molecule has 0 radical (unpaired) electrons. The van der Waals surface area contributed by atoms with Crippen LogP contribution in [0.4, 0.5) is 0 Å². The third-order valence-electron chi connectivity index (χ3n) is 4.67. The molecule has 3 rings (SSSR count). The van der Waals surface area contributed by atoms with Crippen LogP contribution < -0.4 is 4.74 Å². The second-order valence-electron chi connectivity index (χ2n) is 7.11. The Kier molecular flexibility index (Phi) is 7.41. The van der Waals surface area contributed by atoms with Crippen molar-refractivity contribution in [3.8, 4) is 5.75 Å². The van der Waals surface area contributed by atoms with Crippen LogP contribution in [0, 0.1) is 0 Å². The first-order chi connectivity index (χ1) is 14.1. The van der Waals surface area contributed by atoms with Crippen molar-refractivity contribution in [2.45, 2.75) is 25.9 Å². The highest BCUT2D eigenvalue weighted by Gasteiger charge is 2.09. The summed E-state index contributed by atoms with van der Waals surface area (Å²) in [5.41, 5.74) is 3.25. The Bertz CT molecular complexity index is 895. The van der Waals surface area contributed by atoms with Crippen molar-refractivity contribution < 1.29 is 14.6 Å². The van der Waals surface area contributed by atoms with Gasteiger partial charge in [-0.2, -0.15) is 5.10 Å². The second-order valence-corrected chi connectivity index (χ2v) is 7.11. The van der Waals surface area contributed by atoms with Gasteiger partial charge in [0, 0.05) is 31.9 Å². The predicted octanol–water partition coefficient (Wildman–Crippen LogP) is 3.46. The standard InChI is InChI=1S/C23H27N3O3/c1-25(17-19-6-3-2-4-7-19)14-15-29-22-16-20(18-26-13-5-12-24-26)8-9-21(22)10-11-23(27)28/h2-9,12-13,16H,10-11,14-15,17-18H2,1H3,(H,27,28). The molecule has 0 spiro atoms. The lowest BCUT2D eigenvalue weighted by Crippen LogP contribution is -2.24. The number of likely N-dealkylation sites (N-methyl/N-ethyl adjacent to an activating group) is 1. The number of benzene rings is 2. The molecular weight excluding hydrogens is 366 g/mol. The highest BCUT2D eigenvalue weighted by molar-refractivity contribution is 5.67. The van der Waals surface area contributed by atoms with E-state index in [9.17, 15) is 4.79 Å². The van der Waals surface area contributed by atoms with Crippen molar-refractivity contribution >= 4 is 5.97 Å². The maximum Gasteiger partial charge on any atom is 0.303 e. The minimum absolute atomic E-state index is 0.0861. The number of carboxylic acid groups (broad SMARTS) is 1. The summed E-state index contributed by atoms with van der Waals surface area (Å²) in [4.78, 5) is 13.2. The first kappa shape index (κ1) is 20.6. The van der Waals surface area contributed by atoms with Crippen LogP contribution in [0.2, 0.25) is 0 Å². The van der Waals surface area contributed by atoms with Crippen molar-refractivity contribution in [2.24, 2.45) is 0 Å². The molecule has 0 fully saturated rings. The highest BCUT2D eigenvalue weighted by atomic mass is 16.5. The Hall–Kier alpha value is -3.12. The average Bonchev–Trinajstić information content (AvgIpc) is 3.21. The molecule has 6 nitrogen and oxygen atoms in total. The Balaban J connectivity index is 1.61. The van der Waals surface area contributed by atoms with Gasteiger partial charge in [0.15, 0.2) is 0 Å². The third-order valence-corrected chi connectivity index (χ3v) is 4.67. The van der Waals surface area contributed by atoms with Gasteiger partial charge < -0.3 is 9.84 Å². The van der Waals surface area contributed by atoms with Crippen LogP contribution >= 0.6 is 0 Å². The van der Waals surface area contributed by atoms with Crippen molar-refractivity contribution in [2.75, 3.05) is 20.2 Å². The number of rotatable bonds is 11. The van der Waals surface area contributed by atoms with Crippen LogP contribution in [-0.2, 0) is 24.3 Å². The van der Waals surface area contributed by atoms with Gasteiger partial charge in [0.25, 0.3) is 0 Å². The van der Waals surface area contributed by atoms with Crippen LogP contribution in [0.1, 0.15) is 23.1 Å². The van der Waals surface area contributed by atoms with E-state index in [4.69, 9.17) is 9.84 Å². The predicted molar refractivity (Wildman–Crippen MR) is 112 cm³/mol. The van der Waals surface area contributed by atoms with E-state index in [1.165, 1.54) is 5.56 Å².